The number of hydrogen-bond donors (Lipinski definition) is 1. The molecule has 1 unspecified atom stereocenters. The largest absolute Gasteiger partial charge is 0.494 e. The summed E-state index contributed by atoms with van der Waals surface area (Å²) in [6.45, 7) is 2.94. The van der Waals surface area contributed by atoms with E-state index >= 15 is 0 Å². The number of nitrogens with one attached hydrogen (secondary N) is 1. The number of nitrogens with zero attached hydrogens (tertiary/aromatic N) is 2. The van der Waals surface area contributed by atoms with Crippen molar-refractivity contribution in [3.05, 3.63) is 47.5 Å². The van der Waals surface area contributed by atoms with E-state index in [-0.39, 0.29) is 17.6 Å². The maximum atomic E-state index is 13.9. The number of hydrogen-bond acceptors (Lipinski definition) is 3. The highest BCUT2D eigenvalue weighted by Crippen LogP contribution is 2.25. The number of halogens is 1. The van der Waals surface area contributed by atoms with Crippen LogP contribution in [-0.4, -0.2) is 23.4 Å². The molecule has 0 fully saturated rings. The van der Waals surface area contributed by atoms with E-state index < -0.39 is 0 Å². The molecule has 4 nitrogen and oxygen atoms in total. The molecule has 0 saturated heterocycles. The van der Waals surface area contributed by atoms with Crippen molar-refractivity contribution in [2.45, 2.75) is 19.4 Å². The minimum Gasteiger partial charge on any atom is -0.494 e. The zero-order chi connectivity index (χ0) is 14.5. The molecule has 1 N–H and O–H groups in total. The average Bonchev–Trinajstić information content (AvgIpc) is 2.86. The molecule has 5 heteroatoms. The molecule has 2 aromatic rings. The van der Waals surface area contributed by atoms with Gasteiger partial charge < -0.3 is 10.1 Å². The predicted octanol–water partition coefficient (Wildman–Crippen LogP) is 2.66. The molecule has 1 aromatic carbocycles. The van der Waals surface area contributed by atoms with Gasteiger partial charge in [0.2, 0.25) is 0 Å². The maximum absolute atomic E-state index is 13.9. The highest BCUT2D eigenvalue weighted by Gasteiger charge is 2.17. The topological polar surface area (TPSA) is 39.1 Å². The molecule has 1 heterocycles. The monoisotopic (exact) mass is 277 g/mol. The lowest BCUT2D eigenvalue weighted by Gasteiger charge is -2.17. The first-order valence-corrected chi connectivity index (χ1v) is 6.72. The number of aryl methyl sites for hydroxylation is 1. The average molecular weight is 277 g/mol. The van der Waals surface area contributed by atoms with E-state index in [1.54, 1.807) is 10.7 Å². The zero-order valence-electron chi connectivity index (χ0n) is 12.1. The number of aromatic nitrogens is 2. The van der Waals surface area contributed by atoms with Gasteiger partial charge >= 0.3 is 0 Å². The van der Waals surface area contributed by atoms with Crippen LogP contribution in [0.4, 0.5) is 4.39 Å². The Kier molecular flexibility index (Phi) is 4.74. The van der Waals surface area contributed by atoms with Gasteiger partial charge in [-0.1, -0.05) is 13.0 Å². The first-order valence-electron chi connectivity index (χ1n) is 6.72. The zero-order valence-corrected chi connectivity index (χ0v) is 12.1. The second-order valence-corrected chi connectivity index (χ2v) is 4.70. The van der Waals surface area contributed by atoms with E-state index in [4.69, 9.17) is 4.74 Å². The third-order valence-corrected chi connectivity index (χ3v) is 3.14. The lowest BCUT2D eigenvalue weighted by molar-refractivity contribution is 0.385. The Morgan fingerprint density at radius 2 is 2.20 bits per heavy atom. The Morgan fingerprint density at radius 3 is 2.75 bits per heavy atom. The summed E-state index contributed by atoms with van der Waals surface area (Å²) in [5, 5.41) is 7.81. The molecule has 20 heavy (non-hydrogen) atoms. The predicted molar refractivity (Wildman–Crippen MR) is 76.3 cm³/mol. The maximum Gasteiger partial charge on any atom is 0.165 e. The molecule has 1 atom stereocenters. The van der Waals surface area contributed by atoms with Gasteiger partial charge in [0.25, 0.3) is 0 Å². The van der Waals surface area contributed by atoms with Gasteiger partial charge in [-0.05, 0) is 36.7 Å². The first-order chi connectivity index (χ1) is 9.65. The second-order valence-electron chi connectivity index (χ2n) is 4.70. The molecule has 2 rings (SSSR count). The second kappa shape index (κ2) is 6.52. The molecule has 0 radical (unpaired) electrons. The van der Waals surface area contributed by atoms with E-state index in [0.717, 1.165) is 24.2 Å². The van der Waals surface area contributed by atoms with E-state index in [0.29, 0.717) is 0 Å². The van der Waals surface area contributed by atoms with Gasteiger partial charge in [0.05, 0.1) is 18.8 Å². The Balaban J connectivity index is 2.33. The van der Waals surface area contributed by atoms with Crippen LogP contribution in [-0.2, 0) is 7.05 Å². The molecule has 0 spiro atoms. The van der Waals surface area contributed by atoms with Gasteiger partial charge in [0.1, 0.15) is 0 Å². The number of benzene rings is 1. The molecular weight excluding hydrogens is 257 g/mol. The van der Waals surface area contributed by atoms with Gasteiger partial charge in [-0.15, -0.1) is 0 Å². The molecule has 0 aliphatic carbocycles. The highest BCUT2D eigenvalue weighted by molar-refractivity contribution is 5.34. The minimum atomic E-state index is -0.357. The summed E-state index contributed by atoms with van der Waals surface area (Å²) in [6.07, 6.45) is 2.89. The Hall–Kier alpha value is -1.88. The molecule has 0 aliphatic heterocycles. The quantitative estimate of drug-likeness (QED) is 0.882. The smallest absolute Gasteiger partial charge is 0.165 e. The van der Waals surface area contributed by atoms with Crippen LogP contribution in [0.25, 0.3) is 0 Å². The van der Waals surface area contributed by atoms with Crippen molar-refractivity contribution >= 4 is 0 Å². The van der Waals surface area contributed by atoms with Crippen molar-refractivity contribution < 1.29 is 9.13 Å². The third kappa shape index (κ3) is 3.17. The van der Waals surface area contributed by atoms with Crippen LogP contribution in [0.2, 0.25) is 0 Å². The summed E-state index contributed by atoms with van der Waals surface area (Å²) in [4.78, 5) is 0. The van der Waals surface area contributed by atoms with Gasteiger partial charge in [0, 0.05) is 13.2 Å². The summed E-state index contributed by atoms with van der Waals surface area (Å²) in [7, 11) is 3.33. The van der Waals surface area contributed by atoms with E-state index in [9.17, 15) is 4.39 Å². The molecule has 108 valence electrons. The Morgan fingerprint density at radius 1 is 1.40 bits per heavy atom. The fourth-order valence-electron chi connectivity index (χ4n) is 2.13. The Bertz CT molecular complexity index is 568. The molecule has 0 aliphatic rings. The number of ether oxygens (including phenoxy) is 1. The molecule has 0 saturated carbocycles. The van der Waals surface area contributed by atoms with Gasteiger partial charge in [-0.2, -0.15) is 5.10 Å². The summed E-state index contributed by atoms with van der Waals surface area (Å²) in [5.74, 6) is -0.103. The van der Waals surface area contributed by atoms with Crippen LogP contribution in [0.1, 0.15) is 30.6 Å². The summed E-state index contributed by atoms with van der Waals surface area (Å²) >= 11 is 0. The summed E-state index contributed by atoms with van der Waals surface area (Å²) in [5.41, 5.74) is 1.72. The van der Waals surface area contributed by atoms with E-state index in [1.165, 1.54) is 13.2 Å². The van der Waals surface area contributed by atoms with Crippen LogP contribution in [0.3, 0.4) is 0 Å². The van der Waals surface area contributed by atoms with Gasteiger partial charge in [-0.25, -0.2) is 4.39 Å². The highest BCUT2D eigenvalue weighted by atomic mass is 19.1. The van der Waals surface area contributed by atoms with Crippen molar-refractivity contribution in [2.75, 3.05) is 13.7 Å². The van der Waals surface area contributed by atoms with E-state index in [2.05, 4.69) is 17.3 Å². The fraction of sp³-hybridized carbons (Fsp3) is 0.400. The number of rotatable bonds is 6. The lowest BCUT2D eigenvalue weighted by Crippen LogP contribution is -2.24. The lowest BCUT2D eigenvalue weighted by atomic mass is 10.0. The van der Waals surface area contributed by atoms with Crippen LogP contribution < -0.4 is 10.1 Å². The minimum absolute atomic E-state index is 0.114. The SMILES string of the molecule is CCCNC(c1ccc(OC)c(F)c1)c1ccn(C)n1. The van der Waals surface area contributed by atoms with Crippen LogP contribution in [0.15, 0.2) is 30.5 Å². The molecule has 1 aromatic heterocycles. The third-order valence-electron chi connectivity index (χ3n) is 3.14. The number of methoxy groups -OCH3 is 1. The van der Waals surface area contributed by atoms with Gasteiger partial charge in [0.15, 0.2) is 11.6 Å². The summed E-state index contributed by atoms with van der Waals surface area (Å²) < 4.78 is 20.6. The van der Waals surface area contributed by atoms with Crippen molar-refractivity contribution in [1.82, 2.24) is 15.1 Å². The van der Waals surface area contributed by atoms with Crippen molar-refractivity contribution in [3.63, 3.8) is 0 Å². The van der Waals surface area contributed by atoms with Crippen molar-refractivity contribution in [3.8, 4) is 5.75 Å². The standard InChI is InChI=1S/C15H20FN3O/c1-4-8-17-15(13-7-9-19(2)18-13)11-5-6-14(20-3)12(16)10-11/h5-7,9-10,15,17H,4,8H2,1-3H3. The molecule has 0 amide bonds. The van der Waals surface area contributed by atoms with Crippen LogP contribution >= 0.6 is 0 Å². The first kappa shape index (κ1) is 14.5. The summed E-state index contributed by atoms with van der Waals surface area (Å²) in [6, 6.07) is 6.84. The van der Waals surface area contributed by atoms with Gasteiger partial charge in [-0.3, -0.25) is 4.68 Å². The Labute approximate surface area is 118 Å². The van der Waals surface area contributed by atoms with Crippen molar-refractivity contribution in [1.29, 1.82) is 0 Å². The van der Waals surface area contributed by atoms with Crippen molar-refractivity contribution in [2.24, 2.45) is 7.05 Å². The van der Waals surface area contributed by atoms with Crippen LogP contribution in [0.5, 0.6) is 5.75 Å². The molecule has 0 bridgehead atoms. The van der Waals surface area contributed by atoms with Crippen LogP contribution in [0, 0.1) is 5.82 Å². The van der Waals surface area contributed by atoms with E-state index in [1.807, 2.05) is 25.4 Å². The molecular formula is C15H20FN3O. The normalized spacial score (nSPS) is 12.4. The fourth-order valence-corrected chi connectivity index (χ4v) is 2.13.